The molecule has 0 spiro atoms. The Morgan fingerprint density at radius 3 is 2.76 bits per heavy atom. The van der Waals surface area contributed by atoms with Gasteiger partial charge in [-0.15, -0.1) is 0 Å². The molecule has 2 heterocycles. The van der Waals surface area contributed by atoms with Crippen molar-refractivity contribution in [3.05, 3.63) is 53.1 Å². The van der Waals surface area contributed by atoms with E-state index < -0.39 is 5.82 Å². The molecule has 1 fully saturated rings. The average molecular weight is 565 g/mol. The topological polar surface area (TPSA) is 103 Å². The molecule has 1 amide bonds. The summed E-state index contributed by atoms with van der Waals surface area (Å²) in [4.78, 5) is 25.8. The molecule has 3 aromatic rings. The number of rotatable bonds is 7. The van der Waals surface area contributed by atoms with Crippen LogP contribution in [-0.4, -0.2) is 37.1 Å². The molecule has 1 aromatic carbocycles. The van der Waals surface area contributed by atoms with Crippen molar-refractivity contribution in [3.63, 3.8) is 0 Å². The number of amides is 1. The van der Waals surface area contributed by atoms with Crippen LogP contribution < -0.4 is 10.1 Å². The highest BCUT2D eigenvalue weighted by atomic mass is 127. The SMILES string of the molecule is COc1cc(CNC(=O)c2cc(-c3noc(C[C@H]4CC[C@H](I)CC4)n3)nc(C)n2)ccc1F. The van der Waals surface area contributed by atoms with Gasteiger partial charge < -0.3 is 14.6 Å². The van der Waals surface area contributed by atoms with Crippen LogP contribution in [0.25, 0.3) is 11.5 Å². The Balaban J connectivity index is 1.43. The lowest BCUT2D eigenvalue weighted by atomic mass is 9.87. The lowest BCUT2D eigenvalue weighted by molar-refractivity contribution is 0.0945. The predicted octanol–water partition coefficient (Wildman–Crippen LogP) is 4.45. The van der Waals surface area contributed by atoms with E-state index >= 15 is 0 Å². The van der Waals surface area contributed by atoms with Crippen LogP contribution in [0.1, 0.15) is 53.5 Å². The van der Waals surface area contributed by atoms with Gasteiger partial charge in [-0.05, 0) is 62.3 Å². The van der Waals surface area contributed by atoms with Gasteiger partial charge in [0.1, 0.15) is 17.2 Å². The van der Waals surface area contributed by atoms with E-state index in [-0.39, 0.29) is 23.9 Å². The molecule has 174 valence electrons. The van der Waals surface area contributed by atoms with Gasteiger partial charge in [0, 0.05) is 16.9 Å². The molecule has 0 saturated heterocycles. The molecule has 10 heteroatoms. The van der Waals surface area contributed by atoms with E-state index in [0.29, 0.717) is 34.7 Å². The molecular formula is C23H25FIN5O3. The van der Waals surface area contributed by atoms with Crippen molar-refractivity contribution in [2.45, 2.75) is 49.5 Å². The summed E-state index contributed by atoms with van der Waals surface area (Å²) in [6, 6.07) is 5.97. The summed E-state index contributed by atoms with van der Waals surface area (Å²) in [6.07, 6.45) is 5.54. The number of carbonyl (C=O) groups excluding carboxylic acids is 1. The first kappa shape index (κ1) is 23.5. The summed E-state index contributed by atoms with van der Waals surface area (Å²) in [5.41, 5.74) is 1.33. The lowest BCUT2D eigenvalue weighted by Crippen LogP contribution is -2.24. The van der Waals surface area contributed by atoms with Crippen LogP contribution in [0.4, 0.5) is 4.39 Å². The maximum atomic E-state index is 13.6. The van der Waals surface area contributed by atoms with Gasteiger partial charge in [-0.2, -0.15) is 4.98 Å². The van der Waals surface area contributed by atoms with E-state index in [4.69, 9.17) is 9.26 Å². The van der Waals surface area contributed by atoms with Crippen LogP contribution in [0.2, 0.25) is 0 Å². The lowest BCUT2D eigenvalue weighted by Gasteiger charge is -2.23. The molecule has 1 aliphatic carbocycles. The van der Waals surface area contributed by atoms with Crippen LogP contribution >= 0.6 is 22.6 Å². The van der Waals surface area contributed by atoms with Crippen LogP contribution in [0.5, 0.6) is 5.75 Å². The third kappa shape index (κ3) is 6.04. The number of ether oxygens (including phenoxy) is 1. The monoisotopic (exact) mass is 565 g/mol. The molecule has 0 aliphatic heterocycles. The highest BCUT2D eigenvalue weighted by molar-refractivity contribution is 14.1. The third-order valence-electron chi connectivity index (χ3n) is 5.68. The van der Waals surface area contributed by atoms with Crippen molar-refractivity contribution >= 4 is 28.5 Å². The first-order valence-corrected chi connectivity index (χ1v) is 12.1. The van der Waals surface area contributed by atoms with Crippen LogP contribution in [0.15, 0.2) is 28.8 Å². The van der Waals surface area contributed by atoms with Crippen molar-refractivity contribution in [1.82, 2.24) is 25.4 Å². The number of hydrogen-bond acceptors (Lipinski definition) is 7. The normalized spacial score (nSPS) is 18.2. The second-order valence-corrected chi connectivity index (χ2v) is 9.93. The number of methoxy groups -OCH3 is 1. The first-order valence-electron chi connectivity index (χ1n) is 10.8. The first-order chi connectivity index (χ1) is 15.9. The van der Waals surface area contributed by atoms with Crippen LogP contribution in [0.3, 0.4) is 0 Å². The molecule has 33 heavy (non-hydrogen) atoms. The highest BCUT2D eigenvalue weighted by Gasteiger charge is 2.22. The third-order valence-corrected chi connectivity index (χ3v) is 6.92. The second kappa shape index (κ2) is 10.5. The van der Waals surface area contributed by atoms with Crippen molar-refractivity contribution < 1.29 is 18.4 Å². The molecule has 1 saturated carbocycles. The smallest absolute Gasteiger partial charge is 0.270 e. The van der Waals surface area contributed by atoms with Crippen molar-refractivity contribution in [2.24, 2.45) is 5.92 Å². The van der Waals surface area contributed by atoms with Gasteiger partial charge >= 0.3 is 0 Å². The van der Waals surface area contributed by atoms with E-state index in [2.05, 4.69) is 48.0 Å². The molecule has 0 radical (unpaired) electrons. The second-order valence-electron chi connectivity index (χ2n) is 8.17. The van der Waals surface area contributed by atoms with Gasteiger partial charge in [-0.25, -0.2) is 14.4 Å². The Kier molecular flexibility index (Phi) is 7.51. The minimum atomic E-state index is -0.458. The molecule has 8 nitrogen and oxygen atoms in total. The zero-order valence-corrected chi connectivity index (χ0v) is 20.6. The number of hydrogen-bond donors (Lipinski definition) is 1. The zero-order chi connectivity index (χ0) is 23.4. The summed E-state index contributed by atoms with van der Waals surface area (Å²) < 4.78 is 24.8. The highest BCUT2D eigenvalue weighted by Crippen LogP contribution is 2.31. The van der Waals surface area contributed by atoms with Gasteiger partial charge in [-0.3, -0.25) is 4.79 Å². The Bertz CT molecular complexity index is 1130. The van der Waals surface area contributed by atoms with E-state index in [1.165, 1.54) is 38.9 Å². The molecule has 4 rings (SSSR count). The number of aryl methyl sites for hydroxylation is 1. The maximum absolute atomic E-state index is 13.6. The summed E-state index contributed by atoms with van der Waals surface area (Å²) >= 11 is 2.52. The van der Waals surface area contributed by atoms with Gasteiger partial charge in [-0.1, -0.05) is 33.8 Å². The Labute approximate surface area is 204 Å². The van der Waals surface area contributed by atoms with E-state index in [1.807, 2.05) is 0 Å². The van der Waals surface area contributed by atoms with Crippen molar-refractivity contribution in [2.75, 3.05) is 7.11 Å². The van der Waals surface area contributed by atoms with Gasteiger partial charge in [0.2, 0.25) is 11.7 Å². The largest absolute Gasteiger partial charge is 0.494 e. The van der Waals surface area contributed by atoms with Gasteiger partial charge in [0.05, 0.1) is 7.11 Å². The number of nitrogens with one attached hydrogen (secondary N) is 1. The summed E-state index contributed by atoms with van der Waals surface area (Å²) in [6.45, 7) is 1.90. The predicted molar refractivity (Wildman–Crippen MR) is 128 cm³/mol. The fraction of sp³-hybridized carbons (Fsp3) is 0.435. The quantitative estimate of drug-likeness (QED) is 0.334. The molecule has 1 aliphatic rings. The van der Waals surface area contributed by atoms with E-state index in [0.717, 1.165) is 10.3 Å². The average Bonchev–Trinajstić information content (AvgIpc) is 3.28. The fourth-order valence-corrected chi connectivity index (χ4v) is 4.62. The number of carbonyl (C=O) groups is 1. The minimum absolute atomic E-state index is 0.122. The Morgan fingerprint density at radius 1 is 1.21 bits per heavy atom. The van der Waals surface area contributed by atoms with Crippen LogP contribution in [-0.2, 0) is 13.0 Å². The van der Waals surface area contributed by atoms with Gasteiger partial charge in [0.25, 0.3) is 5.91 Å². The van der Waals surface area contributed by atoms with E-state index in [1.54, 1.807) is 25.1 Å². The Morgan fingerprint density at radius 2 is 2.00 bits per heavy atom. The number of halogens is 2. The number of aromatic nitrogens is 4. The molecule has 1 N–H and O–H groups in total. The molecular weight excluding hydrogens is 540 g/mol. The zero-order valence-electron chi connectivity index (χ0n) is 18.5. The molecule has 2 aromatic heterocycles. The van der Waals surface area contributed by atoms with Gasteiger partial charge in [0.15, 0.2) is 11.6 Å². The van der Waals surface area contributed by atoms with Crippen LogP contribution in [0, 0.1) is 18.7 Å². The summed E-state index contributed by atoms with van der Waals surface area (Å²) in [5.74, 6) is 1.20. The summed E-state index contributed by atoms with van der Waals surface area (Å²) in [7, 11) is 1.39. The van der Waals surface area contributed by atoms with Crippen molar-refractivity contribution in [3.8, 4) is 17.3 Å². The standard InChI is InChI=1S/C23H25FIN5O3/c1-13-27-18(22-29-21(33-30-22)10-14-3-6-16(25)7-4-14)11-19(28-13)23(31)26-12-15-5-8-17(24)20(9-15)32-2/h5,8-9,11,14,16H,3-4,6-7,10,12H2,1-2H3,(H,26,31)/t14-,16-. The van der Waals surface area contributed by atoms with Crippen molar-refractivity contribution in [1.29, 1.82) is 0 Å². The van der Waals surface area contributed by atoms with E-state index in [9.17, 15) is 9.18 Å². The molecule has 0 atom stereocenters. The molecule has 0 bridgehead atoms. The minimum Gasteiger partial charge on any atom is -0.494 e. The fourth-order valence-electron chi connectivity index (χ4n) is 3.90. The number of nitrogens with zero attached hydrogens (tertiary/aromatic N) is 4. The molecule has 0 unspecified atom stereocenters. The Hall–Kier alpha value is -2.63. The number of benzene rings is 1. The summed E-state index contributed by atoms with van der Waals surface area (Å²) in [5, 5.41) is 6.85. The maximum Gasteiger partial charge on any atom is 0.270 e. The number of alkyl halides is 1.